The molecule has 3 N–H and O–H groups in total. The molecule has 8 nitrogen and oxygen atoms in total. The maximum atomic E-state index is 12.8. The molecule has 0 saturated carbocycles. The van der Waals surface area contributed by atoms with Crippen LogP contribution in [0.1, 0.15) is 11.3 Å². The molecule has 4 rings (SSSR count). The monoisotopic (exact) mass is 564 g/mol. The highest BCUT2D eigenvalue weighted by Gasteiger charge is 2.30. The van der Waals surface area contributed by atoms with Crippen molar-refractivity contribution in [1.29, 1.82) is 0 Å². The van der Waals surface area contributed by atoms with Gasteiger partial charge in [-0.1, -0.05) is 36.4 Å². The number of benzene rings is 3. The maximum Gasteiger partial charge on any atom is 0.416 e. The van der Waals surface area contributed by atoms with E-state index in [1.54, 1.807) is 42.5 Å². The van der Waals surface area contributed by atoms with Crippen molar-refractivity contribution in [3.8, 4) is 0 Å². The van der Waals surface area contributed by atoms with Crippen LogP contribution in [0.4, 0.5) is 18.9 Å². The molecule has 0 atom stereocenters. The van der Waals surface area contributed by atoms with Gasteiger partial charge in [-0.15, -0.1) is 0 Å². The van der Waals surface area contributed by atoms with E-state index in [1.807, 2.05) is 0 Å². The normalized spacial score (nSPS) is 12.5. The summed E-state index contributed by atoms with van der Waals surface area (Å²) in [6, 6.07) is 19.6. The molecule has 0 saturated heterocycles. The molecule has 0 aliphatic heterocycles. The molecule has 3 aromatic carbocycles. The molecular formula is C25H23F3N4O4S2. The Kier molecular flexibility index (Phi) is 8.02. The lowest BCUT2D eigenvalue weighted by atomic mass is 10.2. The number of pyridine rings is 1. The number of rotatable bonds is 10. The Hall–Kier alpha value is -3.52. The van der Waals surface area contributed by atoms with Crippen LogP contribution in [0.3, 0.4) is 0 Å². The van der Waals surface area contributed by atoms with Crippen LogP contribution in [0, 0.1) is 0 Å². The second-order valence-corrected chi connectivity index (χ2v) is 11.6. The highest BCUT2D eigenvalue weighted by Crippen LogP contribution is 2.30. The van der Waals surface area contributed by atoms with Crippen molar-refractivity contribution in [1.82, 2.24) is 15.0 Å². The molecule has 1 heterocycles. The number of hydrogen-bond acceptors (Lipinski definition) is 6. The number of aromatic nitrogens is 1. The first-order valence-corrected chi connectivity index (χ1v) is 14.3. The fourth-order valence-corrected chi connectivity index (χ4v) is 5.69. The van der Waals surface area contributed by atoms with Crippen LogP contribution >= 0.6 is 0 Å². The van der Waals surface area contributed by atoms with Gasteiger partial charge in [0.25, 0.3) is 10.0 Å². The molecule has 0 aliphatic rings. The van der Waals surface area contributed by atoms with Crippen LogP contribution < -0.4 is 14.8 Å². The first-order valence-electron chi connectivity index (χ1n) is 11.3. The number of para-hydroxylation sites is 1. The lowest BCUT2D eigenvalue weighted by Crippen LogP contribution is -2.31. The third-order valence-corrected chi connectivity index (χ3v) is 8.33. The van der Waals surface area contributed by atoms with Crippen LogP contribution in [0.25, 0.3) is 10.9 Å². The van der Waals surface area contributed by atoms with Crippen molar-refractivity contribution in [3.63, 3.8) is 0 Å². The van der Waals surface area contributed by atoms with Crippen molar-refractivity contribution < 1.29 is 30.0 Å². The summed E-state index contributed by atoms with van der Waals surface area (Å²) < 4.78 is 93.6. The maximum absolute atomic E-state index is 12.8. The smallest absolute Gasteiger partial charge is 0.310 e. The van der Waals surface area contributed by atoms with Crippen molar-refractivity contribution in [2.75, 3.05) is 17.8 Å². The minimum atomic E-state index is -4.58. The summed E-state index contributed by atoms with van der Waals surface area (Å²) in [5.74, 6) is 0. The van der Waals surface area contributed by atoms with Crippen molar-refractivity contribution >= 4 is 36.6 Å². The lowest BCUT2D eigenvalue weighted by molar-refractivity contribution is -0.137. The van der Waals surface area contributed by atoms with Gasteiger partial charge in [0.1, 0.15) is 0 Å². The van der Waals surface area contributed by atoms with Crippen molar-refractivity contribution in [2.24, 2.45) is 0 Å². The number of halogens is 3. The standard InChI is InChI=1S/C25H23F3N4O4S2/c26-25(27,28)19-10-13-22(14-11-19)38(35,36)32-23-8-4-5-18-9-12-20(31-24(18)23)17-29-15-16-30-37(33,34)21-6-2-1-3-7-21/h1-14,29-30,32H,15-17H2. The van der Waals surface area contributed by atoms with Gasteiger partial charge < -0.3 is 5.32 Å². The summed E-state index contributed by atoms with van der Waals surface area (Å²) in [5, 5.41) is 3.73. The highest BCUT2D eigenvalue weighted by atomic mass is 32.2. The molecule has 4 aromatic rings. The highest BCUT2D eigenvalue weighted by molar-refractivity contribution is 7.92. The van der Waals surface area contributed by atoms with Crippen molar-refractivity contribution in [2.45, 2.75) is 22.5 Å². The summed E-state index contributed by atoms with van der Waals surface area (Å²) in [5.41, 5.74) is 0.143. The zero-order valence-electron chi connectivity index (χ0n) is 19.7. The first kappa shape index (κ1) is 27.5. The van der Waals surface area contributed by atoms with Crippen LogP contribution in [0.15, 0.2) is 94.7 Å². The third kappa shape index (κ3) is 6.67. The van der Waals surface area contributed by atoms with Crippen LogP contribution in [0.2, 0.25) is 0 Å². The molecule has 0 spiro atoms. The molecule has 0 aliphatic carbocycles. The van der Waals surface area contributed by atoms with Gasteiger partial charge >= 0.3 is 6.18 Å². The van der Waals surface area contributed by atoms with Gasteiger partial charge in [0.15, 0.2) is 0 Å². The minimum Gasteiger partial charge on any atom is -0.310 e. The van der Waals surface area contributed by atoms with E-state index < -0.39 is 31.8 Å². The van der Waals surface area contributed by atoms with E-state index in [-0.39, 0.29) is 28.6 Å². The predicted molar refractivity (Wildman–Crippen MR) is 137 cm³/mol. The molecular weight excluding hydrogens is 541 g/mol. The molecule has 38 heavy (non-hydrogen) atoms. The average molecular weight is 565 g/mol. The van der Waals surface area contributed by atoms with E-state index in [0.717, 1.165) is 12.1 Å². The van der Waals surface area contributed by atoms with E-state index in [2.05, 4.69) is 19.7 Å². The lowest BCUT2D eigenvalue weighted by Gasteiger charge is -2.13. The van der Waals surface area contributed by atoms with Gasteiger partial charge in [0.05, 0.1) is 32.3 Å². The summed E-state index contributed by atoms with van der Waals surface area (Å²) in [4.78, 5) is 4.36. The van der Waals surface area contributed by atoms with Gasteiger partial charge in [0, 0.05) is 25.0 Å². The zero-order valence-corrected chi connectivity index (χ0v) is 21.4. The van der Waals surface area contributed by atoms with Gasteiger partial charge in [0.2, 0.25) is 10.0 Å². The molecule has 0 fully saturated rings. The Morgan fingerprint density at radius 1 is 0.711 bits per heavy atom. The van der Waals surface area contributed by atoms with E-state index in [1.165, 1.54) is 18.2 Å². The van der Waals surface area contributed by atoms with Crippen LogP contribution in [-0.2, 0) is 32.8 Å². The van der Waals surface area contributed by atoms with E-state index >= 15 is 0 Å². The number of nitrogens with one attached hydrogen (secondary N) is 3. The Morgan fingerprint density at radius 2 is 1.39 bits per heavy atom. The van der Waals surface area contributed by atoms with Gasteiger partial charge in [-0.05, 0) is 48.5 Å². The zero-order chi connectivity index (χ0) is 27.4. The average Bonchev–Trinajstić information content (AvgIpc) is 2.89. The first-order chi connectivity index (χ1) is 18.0. The fourth-order valence-electron chi connectivity index (χ4n) is 3.57. The summed E-state index contributed by atoms with van der Waals surface area (Å²) in [6.45, 7) is 0.736. The summed E-state index contributed by atoms with van der Waals surface area (Å²) in [6.07, 6.45) is -4.58. The minimum absolute atomic E-state index is 0.142. The number of alkyl halides is 3. The second kappa shape index (κ2) is 11.1. The van der Waals surface area contributed by atoms with Gasteiger partial charge in [-0.2, -0.15) is 13.2 Å². The number of hydrogen-bond donors (Lipinski definition) is 3. The summed E-state index contributed by atoms with van der Waals surface area (Å²) >= 11 is 0. The quantitative estimate of drug-likeness (QED) is 0.250. The van der Waals surface area contributed by atoms with E-state index in [4.69, 9.17) is 0 Å². The molecule has 1 aromatic heterocycles. The number of sulfonamides is 2. The van der Waals surface area contributed by atoms with E-state index in [0.29, 0.717) is 35.3 Å². The fraction of sp³-hybridized carbons (Fsp3) is 0.160. The second-order valence-electron chi connectivity index (χ2n) is 8.20. The Morgan fingerprint density at radius 3 is 2.08 bits per heavy atom. The van der Waals surface area contributed by atoms with Gasteiger partial charge in [-0.25, -0.2) is 26.5 Å². The molecule has 200 valence electrons. The number of fused-ring (bicyclic) bond motifs is 1. The van der Waals surface area contributed by atoms with Crippen LogP contribution in [0.5, 0.6) is 0 Å². The SMILES string of the molecule is O=S(=O)(NCCNCc1ccc2cccc(NS(=O)(=O)c3ccc(C(F)(F)F)cc3)c2n1)c1ccccc1. The predicted octanol–water partition coefficient (Wildman–Crippen LogP) is 4.12. The summed E-state index contributed by atoms with van der Waals surface area (Å²) in [7, 11) is -7.80. The Bertz CT molecular complexity index is 1630. The largest absolute Gasteiger partial charge is 0.416 e. The van der Waals surface area contributed by atoms with Crippen molar-refractivity contribution in [3.05, 3.63) is 96.2 Å². The topological polar surface area (TPSA) is 117 Å². The molecule has 0 amide bonds. The molecule has 0 radical (unpaired) electrons. The molecule has 0 bridgehead atoms. The van der Waals surface area contributed by atoms with Gasteiger partial charge in [-0.3, -0.25) is 4.72 Å². The molecule has 13 heteroatoms. The Labute approximate surface area is 218 Å². The Balaban J connectivity index is 1.42. The molecule has 0 unspecified atom stereocenters. The van der Waals surface area contributed by atoms with Crippen LogP contribution in [-0.4, -0.2) is 34.9 Å². The number of nitrogens with zero attached hydrogens (tertiary/aromatic N) is 1. The van der Waals surface area contributed by atoms with E-state index in [9.17, 15) is 30.0 Å². The third-order valence-electron chi connectivity index (χ3n) is 5.47. The number of anilines is 1.